The summed E-state index contributed by atoms with van der Waals surface area (Å²) in [5.74, 6) is 3.06. The van der Waals surface area contributed by atoms with Crippen LogP contribution in [-0.2, 0) is 14.3 Å². The third-order valence-electron chi connectivity index (χ3n) is 14.4. The van der Waals surface area contributed by atoms with Crippen LogP contribution in [-0.4, -0.2) is 56.0 Å². The van der Waals surface area contributed by atoms with Crippen LogP contribution >= 0.6 is 0 Å². The molecule has 1 spiro atoms. The number of carbonyl (C=O) groups is 1. The third kappa shape index (κ3) is 3.62. The lowest BCUT2D eigenvalue weighted by atomic mass is 9.35. The van der Waals surface area contributed by atoms with Crippen molar-refractivity contribution in [2.45, 2.75) is 124 Å². The highest BCUT2D eigenvalue weighted by Gasteiger charge is 2.75. The van der Waals surface area contributed by atoms with Gasteiger partial charge in [-0.25, -0.2) is 0 Å². The normalized spacial score (nSPS) is 55.8. The third-order valence-corrected chi connectivity index (χ3v) is 14.4. The van der Waals surface area contributed by atoms with Gasteiger partial charge in [0.15, 0.2) is 5.79 Å². The zero-order chi connectivity index (χ0) is 27.3. The number of ether oxygens (including phenoxy) is 2. The molecule has 1 N–H and O–H groups in total. The van der Waals surface area contributed by atoms with Gasteiger partial charge in [0.05, 0.1) is 19.3 Å². The van der Waals surface area contributed by atoms with Crippen LogP contribution in [0.15, 0.2) is 0 Å². The summed E-state index contributed by atoms with van der Waals surface area (Å²) >= 11 is 0. The van der Waals surface area contributed by atoms with E-state index in [1.54, 1.807) is 0 Å². The Morgan fingerprint density at radius 2 is 1.63 bits per heavy atom. The molecule has 0 bridgehead atoms. The van der Waals surface area contributed by atoms with Crippen LogP contribution in [0.1, 0.15) is 106 Å². The van der Waals surface area contributed by atoms with Crippen molar-refractivity contribution in [3.63, 3.8) is 0 Å². The van der Waals surface area contributed by atoms with Crippen LogP contribution in [0.5, 0.6) is 0 Å². The number of fused-ring (bicyclic) bond motifs is 7. The average molecular weight is 529 g/mol. The molecule has 1 unspecified atom stereocenters. The lowest BCUT2D eigenvalue weighted by Gasteiger charge is -2.70. The number of nitrogens with zero attached hydrogens (tertiary/aromatic N) is 1. The number of carbonyl (C=O) groups excluding carboxylic acids is 1. The lowest BCUT2D eigenvalue weighted by Crippen LogP contribution is -2.64. The predicted molar refractivity (Wildman–Crippen MR) is 151 cm³/mol. The number of likely N-dealkylation sites (N-methyl/N-ethyl adjacent to an activating group) is 1. The van der Waals surface area contributed by atoms with Gasteiger partial charge < -0.3 is 19.7 Å². The number of rotatable bonds is 3. The van der Waals surface area contributed by atoms with Gasteiger partial charge in [-0.2, -0.15) is 0 Å². The minimum absolute atomic E-state index is 0.185. The summed E-state index contributed by atoms with van der Waals surface area (Å²) in [7, 11) is 3.95. The largest absolute Gasteiger partial charge is 0.352 e. The fourth-order valence-electron chi connectivity index (χ4n) is 11.9. The molecule has 0 aromatic heterocycles. The first-order valence-electron chi connectivity index (χ1n) is 16.0. The van der Waals surface area contributed by atoms with E-state index in [-0.39, 0.29) is 11.7 Å². The maximum atomic E-state index is 12.5. The standard InChI is InChI=1S/C33H56N2O3/c1-21-11-14-33(37-20-21)22(2)28-25(38-33)18-32(6)26-10-9-23-17-24(34-27(36)19-35(7)8)12-13-29(23,3)30(26,4)15-16-31(28,32)5/h21-26,28H,9-20H2,1-8H3,(H,34,36)/t21-,22-,23+,24?,25-,26+,28-,29-,30-,31+,32-,33+/m0/s1. The van der Waals surface area contributed by atoms with Crippen LogP contribution in [0.2, 0.25) is 0 Å². The van der Waals surface area contributed by atoms with E-state index >= 15 is 0 Å². The Bertz CT molecular complexity index is 945. The molecule has 0 aromatic carbocycles. The molecule has 2 saturated heterocycles. The van der Waals surface area contributed by atoms with Gasteiger partial charge in [-0.1, -0.05) is 41.5 Å². The van der Waals surface area contributed by atoms with Gasteiger partial charge in [0.2, 0.25) is 5.91 Å². The second-order valence-corrected chi connectivity index (χ2v) is 16.2. The molecule has 38 heavy (non-hydrogen) atoms. The van der Waals surface area contributed by atoms with Crippen molar-refractivity contribution in [2.75, 3.05) is 27.2 Å². The van der Waals surface area contributed by atoms with Crippen molar-refractivity contribution in [3.05, 3.63) is 0 Å². The molecular weight excluding hydrogens is 472 g/mol. The van der Waals surface area contributed by atoms with E-state index in [1.165, 1.54) is 44.9 Å². The van der Waals surface area contributed by atoms with Crippen LogP contribution in [0.4, 0.5) is 0 Å². The highest BCUT2D eigenvalue weighted by Crippen LogP contribution is 2.79. The zero-order valence-electron chi connectivity index (χ0n) is 25.7. The molecule has 5 heteroatoms. The Morgan fingerprint density at radius 1 is 0.895 bits per heavy atom. The van der Waals surface area contributed by atoms with Crippen molar-refractivity contribution >= 4 is 5.91 Å². The van der Waals surface area contributed by atoms with E-state index in [4.69, 9.17) is 9.47 Å². The number of hydrogen-bond acceptors (Lipinski definition) is 4. The molecule has 2 aliphatic heterocycles. The van der Waals surface area contributed by atoms with Gasteiger partial charge in [0, 0.05) is 18.4 Å². The number of hydrogen-bond donors (Lipinski definition) is 1. The highest BCUT2D eigenvalue weighted by atomic mass is 16.7. The van der Waals surface area contributed by atoms with Crippen LogP contribution in [0.25, 0.3) is 0 Å². The van der Waals surface area contributed by atoms with Crippen molar-refractivity contribution < 1.29 is 14.3 Å². The van der Waals surface area contributed by atoms with Gasteiger partial charge in [-0.05, 0) is 117 Å². The maximum Gasteiger partial charge on any atom is 0.234 e. The summed E-state index contributed by atoms with van der Waals surface area (Å²) in [6.45, 7) is 16.8. The van der Waals surface area contributed by atoms with Crippen molar-refractivity contribution in [3.8, 4) is 0 Å². The predicted octanol–water partition coefficient (Wildman–Crippen LogP) is 6.26. The summed E-state index contributed by atoms with van der Waals surface area (Å²) in [6.07, 6.45) is 12.7. The van der Waals surface area contributed by atoms with Gasteiger partial charge in [-0.3, -0.25) is 4.79 Å². The molecule has 4 saturated carbocycles. The molecule has 0 radical (unpaired) electrons. The average Bonchev–Trinajstić information content (AvgIpc) is 3.23. The molecule has 0 aromatic rings. The summed E-state index contributed by atoms with van der Waals surface area (Å²) in [5.41, 5.74) is 1.35. The summed E-state index contributed by atoms with van der Waals surface area (Å²) in [6, 6.07) is 0.347. The smallest absolute Gasteiger partial charge is 0.234 e. The topological polar surface area (TPSA) is 50.8 Å². The van der Waals surface area contributed by atoms with Gasteiger partial charge in [0.25, 0.3) is 0 Å². The molecular formula is C33H56N2O3. The SMILES string of the molecule is C[C@H]1CC[C@@]2(OC1)O[C@H]1C[C@@]3(C)[C@@H]4CC[C@@H]5CC(NC(=O)CN(C)C)CC[C@]5(C)[C@@]4(C)CC[C@]3(C)[C@H]1[C@@H]2C. The van der Waals surface area contributed by atoms with Crippen molar-refractivity contribution in [1.82, 2.24) is 10.2 Å². The first-order chi connectivity index (χ1) is 17.8. The van der Waals surface area contributed by atoms with Crippen molar-refractivity contribution in [2.24, 2.45) is 51.2 Å². The Labute approximate surface area is 232 Å². The van der Waals surface area contributed by atoms with E-state index in [1.807, 2.05) is 19.0 Å². The van der Waals surface area contributed by atoms with E-state index in [0.29, 0.717) is 64.0 Å². The quantitative estimate of drug-likeness (QED) is 0.470. The zero-order valence-corrected chi connectivity index (χ0v) is 25.7. The number of nitrogens with one attached hydrogen (secondary N) is 1. The van der Waals surface area contributed by atoms with E-state index in [0.717, 1.165) is 31.8 Å². The van der Waals surface area contributed by atoms with E-state index in [2.05, 4.69) is 46.9 Å². The molecule has 6 aliphatic rings. The molecule has 12 atom stereocenters. The molecule has 2 heterocycles. The maximum absolute atomic E-state index is 12.5. The van der Waals surface area contributed by atoms with Crippen LogP contribution in [0.3, 0.4) is 0 Å². The second kappa shape index (κ2) is 8.92. The minimum Gasteiger partial charge on any atom is -0.352 e. The minimum atomic E-state index is -0.327. The van der Waals surface area contributed by atoms with Gasteiger partial charge in [0.1, 0.15) is 0 Å². The van der Waals surface area contributed by atoms with Gasteiger partial charge >= 0.3 is 0 Å². The van der Waals surface area contributed by atoms with Gasteiger partial charge in [-0.15, -0.1) is 0 Å². The molecule has 1 amide bonds. The molecule has 6 fully saturated rings. The first-order valence-corrected chi connectivity index (χ1v) is 16.0. The monoisotopic (exact) mass is 528 g/mol. The number of amides is 1. The molecule has 6 rings (SSSR count). The first kappa shape index (κ1) is 27.5. The summed E-state index contributed by atoms with van der Waals surface area (Å²) < 4.78 is 13.6. The Morgan fingerprint density at radius 3 is 2.32 bits per heavy atom. The summed E-state index contributed by atoms with van der Waals surface area (Å²) in [5, 5.41) is 3.39. The highest BCUT2D eigenvalue weighted by molar-refractivity contribution is 5.78. The van der Waals surface area contributed by atoms with Crippen LogP contribution in [0, 0.1) is 51.2 Å². The van der Waals surface area contributed by atoms with Crippen LogP contribution < -0.4 is 5.32 Å². The summed E-state index contributed by atoms with van der Waals surface area (Å²) in [4.78, 5) is 14.5. The Hall–Kier alpha value is -0.650. The van der Waals surface area contributed by atoms with E-state index < -0.39 is 0 Å². The second-order valence-electron chi connectivity index (χ2n) is 16.2. The van der Waals surface area contributed by atoms with Crippen molar-refractivity contribution in [1.29, 1.82) is 0 Å². The molecule has 5 nitrogen and oxygen atoms in total. The lowest BCUT2D eigenvalue weighted by molar-refractivity contribution is -0.279. The Balaban J connectivity index is 1.22. The fraction of sp³-hybridized carbons (Fsp3) is 0.970. The Kier molecular flexibility index (Phi) is 6.46. The fourth-order valence-corrected chi connectivity index (χ4v) is 11.9. The molecule has 216 valence electrons. The molecule has 4 aliphatic carbocycles. The van der Waals surface area contributed by atoms with E-state index in [9.17, 15) is 4.79 Å².